The fraction of sp³-hybridized carbons (Fsp3) is 0.500. The lowest BCUT2D eigenvalue weighted by Gasteiger charge is -2.18. The minimum absolute atomic E-state index is 0.167. The van der Waals surface area contributed by atoms with Crippen molar-refractivity contribution in [2.24, 2.45) is 5.73 Å². The van der Waals surface area contributed by atoms with Gasteiger partial charge in [-0.1, -0.05) is 11.6 Å². The molecule has 0 aliphatic rings. The molecule has 1 aromatic carbocycles. The van der Waals surface area contributed by atoms with Crippen LogP contribution in [-0.2, 0) is 0 Å². The highest BCUT2D eigenvalue weighted by Gasteiger charge is 2.13. The van der Waals surface area contributed by atoms with Crippen LogP contribution in [0.2, 0.25) is 5.02 Å². The fourth-order valence-corrected chi connectivity index (χ4v) is 1.80. The molecule has 0 fully saturated rings. The molecule has 0 heterocycles. The molecule has 1 rings (SSSR count). The Hall–Kier alpha value is -0.680. The first kappa shape index (κ1) is 14.4. The predicted molar refractivity (Wildman–Crippen MR) is 67.5 cm³/mol. The topological polar surface area (TPSA) is 58.3 Å². The number of rotatable bonds is 7. The van der Waals surface area contributed by atoms with Gasteiger partial charge in [-0.15, -0.1) is 0 Å². The molecule has 4 N–H and O–H groups in total. The predicted octanol–water partition coefficient (Wildman–Crippen LogP) is 1.84. The van der Waals surface area contributed by atoms with Crippen molar-refractivity contribution in [3.05, 3.63) is 34.6 Å². The number of unbranched alkanes of at least 4 members (excludes halogenated alkanes) is 1. The molecule has 0 saturated carbocycles. The minimum atomic E-state index is -0.306. The first-order valence-electron chi connectivity index (χ1n) is 5.68. The maximum absolute atomic E-state index is 13.6. The molecule has 5 heteroatoms. The molecule has 1 atom stereocenters. The molecular weight excluding hydrogens is 243 g/mol. The normalized spacial score (nSPS) is 12.7. The Balaban J connectivity index is 2.62. The lowest BCUT2D eigenvalue weighted by molar-refractivity contribution is 0.282. The number of nitrogens with two attached hydrogens (primary N) is 1. The van der Waals surface area contributed by atoms with E-state index in [4.69, 9.17) is 22.4 Å². The van der Waals surface area contributed by atoms with Crippen molar-refractivity contribution < 1.29 is 9.50 Å². The van der Waals surface area contributed by atoms with Crippen molar-refractivity contribution in [1.82, 2.24) is 5.32 Å². The summed E-state index contributed by atoms with van der Waals surface area (Å²) >= 11 is 5.83. The molecule has 96 valence electrons. The summed E-state index contributed by atoms with van der Waals surface area (Å²) in [5.74, 6) is -0.306. The summed E-state index contributed by atoms with van der Waals surface area (Å²) in [6.07, 6.45) is 1.55. The monoisotopic (exact) mass is 260 g/mol. The van der Waals surface area contributed by atoms with Crippen LogP contribution in [0, 0.1) is 5.82 Å². The average Bonchev–Trinajstić information content (AvgIpc) is 2.33. The van der Waals surface area contributed by atoms with Crippen LogP contribution in [0.15, 0.2) is 18.2 Å². The standard InChI is InChI=1S/C12H18ClFN2O/c13-9-3-4-11(14)10(7-9)12(8-15)16-5-1-2-6-17/h3-4,7,12,16-17H,1-2,5-6,8,15H2. The van der Waals surface area contributed by atoms with E-state index in [1.807, 2.05) is 0 Å². The Morgan fingerprint density at radius 2 is 2.18 bits per heavy atom. The van der Waals surface area contributed by atoms with Gasteiger partial charge in [-0.3, -0.25) is 0 Å². The van der Waals surface area contributed by atoms with Crippen LogP contribution in [0.5, 0.6) is 0 Å². The molecule has 0 aliphatic carbocycles. The minimum Gasteiger partial charge on any atom is -0.396 e. The molecule has 1 aromatic rings. The number of hydrogen-bond acceptors (Lipinski definition) is 3. The number of benzene rings is 1. The van der Waals surface area contributed by atoms with Crippen molar-refractivity contribution in [3.63, 3.8) is 0 Å². The Morgan fingerprint density at radius 3 is 2.82 bits per heavy atom. The molecular formula is C12H18ClFN2O. The SMILES string of the molecule is NCC(NCCCCO)c1cc(Cl)ccc1F. The summed E-state index contributed by atoms with van der Waals surface area (Å²) in [6.45, 7) is 1.16. The first-order chi connectivity index (χ1) is 8.19. The molecule has 0 radical (unpaired) electrons. The zero-order valence-electron chi connectivity index (χ0n) is 9.63. The van der Waals surface area contributed by atoms with Crippen LogP contribution >= 0.6 is 11.6 Å². The number of halogens is 2. The van der Waals surface area contributed by atoms with Crippen molar-refractivity contribution in [2.45, 2.75) is 18.9 Å². The fourth-order valence-electron chi connectivity index (χ4n) is 1.61. The number of nitrogens with one attached hydrogen (secondary N) is 1. The van der Waals surface area contributed by atoms with Crippen LogP contribution in [0.4, 0.5) is 4.39 Å². The maximum atomic E-state index is 13.6. The molecule has 0 bridgehead atoms. The number of hydrogen-bond donors (Lipinski definition) is 3. The van der Waals surface area contributed by atoms with Crippen molar-refractivity contribution in [1.29, 1.82) is 0 Å². The van der Waals surface area contributed by atoms with Crippen LogP contribution in [0.25, 0.3) is 0 Å². The third-order valence-corrected chi connectivity index (χ3v) is 2.78. The van der Waals surface area contributed by atoms with Gasteiger partial charge in [0.05, 0.1) is 0 Å². The second kappa shape index (κ2) is 7.61. The average molecular weight is 261 g/mol. The summed E-state index contributed by atoms with van der Waals surface area (Å²) in [4.78, 5) is 0. The second-order valence-electron chi connectivity index (χ2n) is 3.84. The lowest BCUT2D eigenvalue weighted by Crippen LogP contribution is -2.29. The zero-order chi connectivity index (χ0) is 12.7. The van der Waals surface area contributed by atoms with Gasteiger partial charge in [0, 0.05) is 29.8 Å². The Bertz CT molecular complexity index is 349. The lowest BCUT2D eigenvalue weighted by atomic mass is 10.1. The Labute approximate surface area is 106 Å². The highest BCUT2D eigenvalue weighted by atomic mass is 35.5. The van der Waals surface area contributed by atoms with E-state index < -0.39 is 0 Å². The quantitative estimate of drug-likeness (QED) is 0.656. The molecule has 0 spiro atoms. The van der Waals surface area contributed by atoms with Crippen LogP contribution in [0.3, 0.4) is 0 Å². The Kier molecular flexibility index (Phi) is 6.44. The van der Waals surface area contributed by atoms with Gasteiger partial charge >= 0.3 is 0 Å². The molecule has 0 aliphatic heterocycles. The van der Waals surface area contributed by atoms with E-state index in [0.717, 1.165) is 12.8 Å². The van der Waals surface area contributed by atoms with E-state index in [2.05, 4.69) is 5.32 Å². The summed E-state index contributed by atoms with van der Waals surface area (Å²) in [7, 11) is 0. The van der Waals surface area contributed by atoms with Gasteiger partial charge in [0.1, 0.15) is 5.82 Å². The van der Waals surface area contributed by atoms with Crippen molar-refractivity contribution in [2.75, 3.05) is 19.7 Å². The highest BCUT2D eigenvalue weighted by molar-refractivity contribution is 6.30. The van der Waals surface area contributed by atoms with E-state index in [-0.39, 0.29) is 18.5 Å². The van der Waals surface area contributed by atoms with Crippen LogP contribution in [0.1, 0.15) is 24.4 Å². The first-order valence-corrected chi connectivity index (χ1v) is 6.06. The molecule has 0 saturated heterocycles. The van der Waals surface area contributed by atoms with Gasteiger partial charge in [-0.2, -0.15) is 0 Å². The van der Waals surface area contributed by atoms with Gasteiger partial charge in [0.15, 0.2) is 0 Å². The van der Waals surface area contributed by atoms with E-state index in [1.54, 1.807) is 6.07 Å². The summed E-state index contributed by atoms with van der Waals surface area (Å²) < 4.78 is 13.6. The second-order valence-corrected chi connectivity index (χ2v) is 4.28. The maximum Gasteiger partial charge on any atom is 0.128 e. The van der Waals surface area contributed by atoms with E-state index in [9.17, 15) is 4.39 Å². The Morgan fingerprint density at radius 1 is 1.41 bits per heavy atom. The van der Waals surface area contributed by atoms with Gasteiger partial charge in [0.25, 0.3) is 0 Å². The van der Waals surface area contributed by atoms with E-state index >= 15 is 0 Å². The van der Waals surface area contributed by atoms with Crippen molar-refractivity contribution in [3.8, 4) is 0 Å². The molecule has 0 amide bonds. The molecule has 1 unspecified atom stereocenters. The smallest absolute Gasteiger partial charge is 0.128 e. The molecule has 0 aromatic heterocycles. The third-order valence-electron chi connectivity index (χ3n) is 2.54. The van der Waals surface area contributed by atoms with Crippen molar-refractivity contribution >= 4 is 11.6 Å². The number of aliphatic hydroxyl groups is 1. The summed E-state index contributed by atoms with van der Waals surface area (Å²) in [5.41, 5.74) is 6.11. The van der Waals surface area contributed by atoms with Gasteiger partial charge in [-0.05, 0) is 37.6 Å². The van der Waals surface area contributed by atoms with Gasteiger partial charge < -0.3 is 16.2 Å². The molecule has 17 heavy (non-hydrogen) atoms. The van der Waals surface area contributed by atoms with Gasteiger partial charge in [0.2, 0.25) is 0 Å². The molecule has 3 nitrogen and oxygen atoms in total. The third kappa shape index (κ3) is 4.60. The zero-order valence-corrected chi connectivity index (χ0v) is 10.4. The largest absolute Gasteiger partial charge is 0.396 e. The van der Waals surface area contributed by atoms with Gasteiger partial charge in [-0.25, -0.2) is 4.39 Å². The van der Waals surface area contributed by atoms with Crippen LogP contribution < -0.4 is 11.1 Å². The number of aliphatic hydroxyl groups excluding tert-OH is 1. The van der Waals surface area contributed by atoms with E-state index in [0.29, 0.717) is 23.7 Å². The highest BCUT2D eigenvalue weighted by Crippen LogP contribution is 2.20. The summed E-state index contributed by atoms with van der Waals surface area (Å²) in [6, 6.07) is 4.20. The summed E-state index contributed by atoms with van der Waals surface area (Å²) in [5, 5.41) is 12.3. The van der Waals surface area contributed by atoms with Crippen LogP contribution in [-0.4, -0.2) is 24.8 Å². The van der Waals surface area contributed by atoms with E-state index in [1.165, 1.54) is 12.1 Å².